The lowest BCUT2D eigenvalue weighted by Crippen LogP contribution is -1.76. The fraction of sp³-hybridized carbons (Fsp3) is 0. The Morgan fingerprint density at radius 3 is 2.80 bits per heavy atom. The van der Waals surface area contributed by atoms with Gasteiger partial charge in [-0.25, -0.2) is 0 Å². The lowest BCUT2D eigenvalue weighted by atomic mass is 10.2. The summed E-state index contributed by atoms with van der Waals surface area (Å²) in [7, 11) is 0. The van der Waals surface area contributed by atoms with Gasteiger partial charge in [0.2, 0.25) is 0 Å². The molecule has 0 saturated heterocycles. The van der Waals surface area contributed by atoms with E-state index in [1.807, 2.05) is 24.4 Å². The fourth-order valence-corrected chi connectivity index (χ4v) is 1.51. The summed E-state index contributed by atoms with van der Waals surface area (Å²) in [5.74, 6) is 0. The van der Waals surface area contributed by atoms with Gasteiger partial charge >= 0.3 is 0 Å². The molecule has 3 aromatic rings. The van der Waals surface area contributed by atoms with Crippen molar-refractivity contribution in [3.63, 3.8) is 0 Å². The second kappa shape index (κ2) is 4.47. The SMILES string of the molecule is Cl.Cl.c1cnc2cc3cn[nH]c3cc2c1. The number of aromatic amines is 1. The van der Waals surface area contributed by atoms with Crippen LogP contribution in [0.5, 0.6) is 0 Å². The van der Waals surface area contributed by atoms with E-state index in [0.29, 0.717) is 0 Å². The van der Waals surface area contributed by atoms with Crippen LogP contribution in [-0.2, 0) is 0 Å². The second-order valence-corrected chi connectivity index (χ2v) is 3.01. The molecule has 0 aliphatic carbocycles. The number of hydrogen-bond acceptors (Lipinski definition) is 2. The molecule has 1 aromatic carbocycles. The molecular weight excluding hydrogens is 233 g/mol. The molecule has 0 spiro atoms. The summed E-state index contributed by atoms with van der Waals surface area (Å²) in [6, 6.07) is 8.08. The first-order valence-corrected chi connectivity index (χ1v) is 4.11. The molecule has 0 aliphatic heterocycles. The van der Waals surface area contributed by atoms with Crippen molar-refractivity contribution in [3.05, 3.63) is 36.7 Å². The first kappa shape index (κ1) is 11.8. The van der Waals surface area contributed by atoms with Crippen LogP contribution < -0.4 is 0 Å². The number of benzene rings is 1. The minimum absolute atomic E-state index is 0. The Morgan fingerprint density at radius 2 is 1.93 bits per heavy atom. The Hall–Kier alpha value is -1.32. The Labute approximate surface area is 98.7 Å². The van der Waals surface area contributed by atoms with Gasteiger partial charge in [-0.1, -0.05) is 6.07 Å². The summed E-state index contributed by atoms with van der Waals surface area (Å²) in [6.45, 7) is 0. The first-order chi connectivity index (χ1) is 6.43. The summed E-state index contributed by atoms with van der Waals surface area (Å²) >= 11 is 0. The van der Waals surface area contributed by atoms with E-state index in [1.54, 1.807) is 6.20 Å². The average Bonchev–Trinajstić information content (AvgIpc) is 2.61. The topological polar surface area (TPSA) is 41.6 Å². The van der Waals surface area contributed by atoms with E-state index in [0.717, 1.165) is 21.8 Å². The standard InChI is InChI=1S/C10H7N3.2ClH/c1-2-7-4-10-8(6-12-13-10)5-9(7)11-3-1;;/h1-6H,(H,12,13);2*1H. The van der Waals surface area contributed by atoms with Gasteiger partial charge in [0.25, 0.3) is 0 Å². The molecule has 78 valence electrons. The van der Waals surface area contributed by atoms with Crippen molar-refractivity contribution < 1.29 is 0 Å². The summed E-state index contributed by atoms with van der Waals surface area (Å²) in [4.78, 5) is 4.27. The fourth-order valence-electron chi connectivity index (χ4n) is 1.51. The van der Waals surface area contributed by atoms with E-state index >= 15 is 0 Å². The molecule has 3 rings (SSSR count). The summed E-state index contributed by atoms with van der Waals surface area (Å²) < 4.78 is 0. The Bertz CT molecular complexity index is 527. The zero-order valence-electron chi connectivity index (χ0n) is 7.68. The molecule has 0 amide bonds. The average molecular weight is 242 g/mol. The van der Waals surface area contributed by atoms with Gasteiger partial charge in [-0.2, -0.15) is 5.10 Å². The van der Waals surface area contributed by atoms with Gasteiger partial charge in [0, 0.05) is 17.0 Å². The quantitative estimate of drug-likeness (QED) is 0.658. The zero-order chi connectivity index (χ0) is 8.67. The maximum Gasteiger partial charge on any atom is 0.0710 e. The van der Waals surface area contributed by atoms with Crippen LogP contribution in [0.1, 0.15) is 0 Å². The molecule has 0 unspecified atom stereocenters. The van der Waals surface area contributed by atoms with Crippen molar-refractivity contribution in [1.82, 2.24) is 15.2 Å². The van der Waals surface area contributed by atoms with Gasteiger partial charge in [-0.05, 0) is 18.2 Å². The van der Waals surface area contributed by atoms with E-state index in [9.17, 15) is 0 Å². The van der Waals surface area contributed by atoms with Crippen molar-refractivity contribution in [2.24, 2.45) is 0 Å². The number of pyridine rings is 1. The van der Waals surface area contributed by atoms with Crippen molar-refractivity contribution in [1.29, 1.82) is 0 Å². The van der Waals surface area contributed by atoms with E-state index in [4.69, 9.17) is 0 Å². The number of hydrogen-bond donors (Lipinski definition) is 1. The van der Waals surface area contributed by atoms with Crippen molar-refractivity contribution in [2.45, 2.75) is 0 Å². The molecule has 0 saturated carbocycles. The van der Waals surface area contributed by atoms with Crippen molar-refractivity contribution in [3.8, 4) is 0 Å². The lowest BCUT2D eigenvalue weighted by molar-refractivity contribution is 1.12. The molecule has 1 N–H and O–H groups in total. The predicted octanol–water partition coefficient (Wildman–Crippen LogP) is 2.95. The largest absolute Gasteiger partial charge is 0.278 e. The number of rotatable bonds is 0. The smallest absolute Gasteiger partial charge is 0.0710 e. The molecule has 5 heteroatoms. The molecule has 0 atom stereocenters. The van der Waals surface area contributed by atoms with Crippen molar-refractivity contribution >= 4 is 46.6 Å². The maximum atomic E-state index is 4.27. The number of nitrogens with one attached hydrogen (secondary N) is 1. The van der Waals surface area contributed by atoms with E-state index < -0.39 is 0 Å². The Balaban J connectivity index is 0.000000562. The van der Waals surface area contributed by atoms with E-state index in [1.165, 1.54) is 0 Å². The van der Waals surface area contributed by atoms with E-state index in [-0.39, 0.29) is 24.8 Å². The second-order valence-electron chi connectivity index (χ2n) is 3.01. The highest BCUT2D eigenvalue weighted by Gasteiger charge is 1.98. The summed E-state index contributed by atoms with van der Waals surface area (Å²) in [5.41, 5.74) is 2.07. The van der Waals surface area contributed by atoms with Crippen LogP contribution in [0.3, 0.4) is 0 Å². The summed E-state index contributed by atoms with van der Waals surface area (Å²) in [6.07, 6.45) is 3.61. The van der Waals surface area contributed by atoms with Gasteiger partial charge in [-0.3, -0.25) is 10.1 Å². The van der Waals surface area contributed by atoms with Crippen LogP contribution in [0.4, 0.5) is 0 Å². The maximum absolute atomic E-state index is 4.27. The van der Waals surface area contributed by atoms with Crippen LogP contribution in [-0.4, -0.2) is 15.2 Å². The predicted molar refractivity (Wildman–Crippen MR) is 65.9 cm³/mol. The zero-order valence-corrected chi connectivity index (χ0v) is 9.31. The first-order valence-electron chi connectivity index (χ1n) is 4.11. The van der Waals surface area contributed by atoms with Crippen LogP contribution >= 0.6 is 24.8 Å². The van der Waals surface area contributed by atoms with E-state index in [2.05, 4.69) is 21.2 Å². The van der Waals surface area contributed by atoms with Gasteiger partial charge in [0.05, 0.1) is 17.2 Å². The van der Waals surface area contributed by atoms with Crippen LogP contribution in [0.15, 0.2) is 36.7 Å². The lowest BCUT2D eigenvalue weighted by Gasteiger charge is -1.95. The van der Waals surface area contributed by atoms with Gasteiger partial charge in [0.1, 0.15) is 0 Å². The minimum atomic E-state index is 0. The number of halogens is 2. The molecule has 2 aromatic heterocycles. The number of aromatic nitrogens is 3. The molecule has 0 fully saturated rings. The van der Waals surface area contributed by atoms with Gasteiger partial charge in [-0.15, -0.1) is 24.8 Å². The van der Waals surface area contributed by atoms with Crippen LogP contribution in [0.2, 0.25) is 0 Å². The highest BCUT2D eigenvalue weighted by atomic mass is 35.5. The van der Waals surface area contributed by atoms with Gasteiger partial charge < -0.3 is 0 Å². The molecule has 15 heavy (non-hydrogen) atoms. The normalized spacial score (nSPS) is 9.60. The van der Waals surface area contributed by atoms with Gasteiger partial charge in [0.15, 0.2) is 0 Å². The highest BCUT2D eigenvalue weighted by molar-refractivity contribution is 5.94. The molecule has 0 radical (unpaired) electrons. The monoisotopic (exact) mass is 241 g/mol. The number of H-pyrrole nitrogens is 1. The third-order valence-corrected chi connectivity index (χ3v) is 2.16. The van der Waals surface area contributed by atoms with Crippen molar-refractivity contribution in [2.75, 3.05) is 0 Å². The van der Waals surface area contributed by atoms with Crippen LogP contribution in [0.25, 0.3) is 21.8 Å². The molecule has 0 aliphatic rings. The number of nitrogens with zero attached hydrogens (tertiary/aromatic N) is 2. The third-order valence-electron chi connectivity index (χ3n) is 2.16. The molecule has 0 bridgehead atoms. The molecule has 2 heterocycles. The molecular formula is C10H9Cl2N3. The molecule has 3 nitrogen and oxygen atoms in total. The van der Waals surface area contributed by atoms with Crippen LogP contribution in [0, 0.1) is 0 Å². The highest BCUT2D eigenvalue weighted by Crippen LogP contribution is 2.18. The number of fused-ring (bicyclic) bond motifs is 2. The Kier molecular flexibility index (Phi) is 3.50. The Morgan fingerprint density at radius 1 is 1.07 bits per heavy atom. The summed E-state index contributed by atoms with van der Waals surface area (Å²) in [5, 5.41) is 9.15. The third kappa shape index (κ3) is 1.89. The minimum Gasteiger partial charge on any atom is -0.278 e.